The van der Waals surface area contributed by atoms with Crippen LogP contribution in [0.3, 0.4) is 0 Å². The smallest absolute Gasteiger partial charge is 0.411 e. The average Bonchev–Trinajstić information content (AvgIpc) is 2.55. The predicted molar refractivity (Wildman–Crippen MR) is 94.7 cm³/mol. The lowest BCUT2D eigenvalue weighted by Crippen LogP contribution is -2.13. The van der Waals surface area contributed by atoms with Crippen LogP contribution in [0.25, 0.3) is 10.9 Å². The first-order chi connectivity index (χ1) is 11.1. The highest BCUT2D eigenvalue weighted by Crippen LogP contribution is 2.31. The molecule has 116 valence electrons. The summed E-state index contributed by atoms with van der Waals surface area (Å²) in [7, 11) is 0. The maximum atomic E-state index is 12.0. The lowest BCUT2D eigenvalue weighted by Gasteiger charge is -2.10. The van der Waals surface area contributed by atoms with Crippen LogP contribution in [0.15, 0.2) is 59.2 Å². The van der Waals surface area contributed by atoms with Crippen LogP contribution in [0.4, 0.5) is 10.5 Å². The van der Waals surface area contributed by atoms with Crippen molar-refractivity contribution < 1.29 is 9.53 Å². The third-order valence-corrected chi connectivity index (χ3v) is 3.96. The van der Waals surface area contributed by atoms with E-state index in [0.29, 0.717) is 16.2 Å². The Kier molecular flexibility index (Phi) is 4.79. The highest BCUT2D eigenvalue weighted by molar-refractivity contribution is 9.10. The number of nitrogens with zero attached hydrogens (tertiary/aromatic N) is 1. The summed E-state index contributed by atoms with van der Waals surface area (Å²) in [5.74, 6) is 0. The van der Waals surface area contributed by atoms with Gasteiger partial charge in [0, 0.05) is 16.1 Å². The molecule has 2 aromatic carbocycles. The Bertz CT molecular complexity index is 856. The third kappa shape index (κ3) is 3.81. The van der Waals surface area contributed by atoms with E-state index in [0.717, 1.165) is 15.4 Å². The van der Waals surface area contributed by atoms with Crippen molar-refractivity contribution in [3.63, 3.8) is 0 Å². The molecule has 1 aromatic heterocycles. The van der Waals surface area contributed by atoms with Gasteiger partial charge in [-0.15, -0.1) is 0 Å². The number of halogens is 2. The quantitative estimate of drug-likeness (QED) is 0.650. The molecule has 1 amide bonds. The Morgan fingerprint density at radius 1 is 1.22 bits per heavy atom. The number of amides is 1. The van der Waals surface area contributed by atoms with E-state index in [-0.39, 0.29) is 6.61 Å². The van der Waals surface area contributed by atoms with E-state index in [4.69, 9.17) is 16.3 Å². The van der Waals surface area contributed by atoms with Gasteiger partial charge < -0.3 is 4.74 Å². The van der Waals surface area contributed by atoms with Gasteiger partial charge in [-0.25, -0.2) is 4.79 Å². The number of ether oxygens (including phenoxy) is 1. The first-order valence-corrected chi connectivity index (χ1v) is 8.02. The molecule has 0 spiro atoms. The number of anilines is 1. The van der Waals surface area contributed by atoms with Crippen LogP contribution in [-0.4, -0.2) is 11.1 Å². The molecular weight excluding hydrogens is 380 g/mol. The molecule has 3 rings (SSSR count). The zero-order valence-corrected chi connectivity index (χ0v) is 14.3. The molecular formula is C17H12BrClN2O2. The van der Waals surface area contributed by atoms with Crippen LogP contribution in [0.2, 0.25) is 5.02 Å². The molecule has 1 N–H and O–H groups in total. The normalized spacial score (nSPS) is 10.5. The van der Waals surface area contributed by atoms with Crippen molar-refractivity contribution in [3.05, 3.63) is 69.8 Å². The van der Waals surface area contributed by atoms with Crippen molar-refractivity contribution in [3.8, 4) is 0 Å². The van der Waals surface area contributed by atoms with Crippen molar-refractivity contribution >= 4 is 50.2 Å². The second-order valence-corrected chi connectivity index (χ2v) is 6.15. The van der Waals surface area contributed by atoms with E-state index in [1.165, 1.54) is 0 Å². The second-order valence-electron chi connectivity index (χ2n) is 4.83. The third-order valence-electron chi connectivity index (χ3n) is 3.21. The molecule has 23 heavy (non-hydrogen) atoms. The van der Waals surface area contributed by atoms with Gasteiger partial charge in [0.25, 0.3) is 0 Å². The minimum Gasteiger partial charge on any atom is -0.444 e. The number of hydrogen-bond acceptors (Lipinski definition) is 3. The largest absolute Gasteiger partial charge is 0.444 e. The summed E-state index contributed by atoms with van der Waals surface area (Å²) in [6, 6.07) is 14.8. The number of benzene rings is 2. The van der Waals surface area contributed by atoms with Crippen molar-refractivity contribution in [2.75, 3.05) is 5.32 Å². The van der Waals surface area contributed by atoms with Crippen LogP contribution in [0.5, 0.6) is 0 Å². The molecule has 0 aliphatic carbocycles. The number of pyridine rings is 1. The van der Waals surface area contributed by atoms with Crippen molar-refractivity contribution in [2.24, 2.45) is 0 Å². The lowest BCUT2D eigenvalue weighted by atomic mass is 10.2. The Morgan fingerprint density at radius 3 is 2.78 bits per heavy atom. The van der Waals surface area contributed by atoms with Crippen LogP contribution in [0.1, 0.15) is 5.56 Å². The zero-order valence-electron chi connectivity index (χ0n) is 11.9. The minimum absolute atomic E-state index is 0.208. The second kappa shape index (κ2) is 6.98. The molecule has 0 unspecified atom stereocenters. The molecule has 0 aliphatic rings. The molecule has 0 saturated heterocycles. The van der Waals surface area contributed by atoms with E-state index in [9.17, 15) is 4.79 Å². The van der Waals surface area contributed by atoms with Gasteiger partial charge in [-0.2, -0.15) is 0 Å². The molecule has 1 heterocycles. The molecule has 0 aliphatic heterocycles. The summed E-state index contributed by atoms with van der Waals surface area (Å²) in [5, 5.41) is 3.98. The van der Waals surface area contributed by atoms with Crippen LogP contribution in [0, 0.1) is 0 Å². The van der Waals surface area contributed by atoms with Crippen LogP contribution >= 0.6 is 27.5 Å². The molecule has 3 aromatic rings. The topological polar surface area (TPSA) is 51.2 Å². The maximum Gasteiger partial charge on any atom is 0.411 e. The molecule has 0 fully saturated rings. The number of fused-ring (bicyclic) bond motifs is 1. The highest BCUT2D eigenvalue weighted by atomic mass is 79.9. The first kappa shape index (κ1) is 15.8. The molecule has 0 bridgehead atoms. The van der Waals surface area contributed by atoms with Crippen LogP contribution < -0.4 is 5.32 Å². The van der Waals surface area contributed by atoms with Gasteiger partial charge in [0.05, 0.1) is 16.2 Å². The monoisotopic (exact) mass is 390 g/mol. The SMILES string of the molecule is O=C(Nc1ccnc2c(Cl)cc(Br)cc12)OCc1ccccc1. The van der Waals surface area contributed by atoms with Gasteiger partial charge in [0.1, 0.15) is 6.61 Å². The maximum absolute atomic E-state index is 12.0. The summed E-state index contributed by atoms with van der Waals surface area (Å²) < 4.78 is 6.04. The lowest BCUT2D eigenvalue weighted by molar-refractivity contribution is 0.155. The highest BCUT2D eigenvalue weighted by Gasteiger charge is 2.10. The van der Waals surface area contributed by atoms with Crippen molar-refractivity contribution in [1.82, 2.24) is 4.98 Å². The van der Waals surface area contributed by atoms with Crippen LogP contribution in [-0.2, 0) is 11.3 Å². The van der Waals surface area contributed by atoms with E-state index in [1.54, 1.807) is 18.3 Å². The van der Waals surface area contributed by atoms with E-state index < -0.39 is 6.09 Å². The first-order valence-electron chi connectivity index (χ1n) is 6.85. The van der Waals surface area contributed by atoms with Gasteiger partial charge in [-0.3, -0.25) is 10.3 Å². The van der Waals surface area contributed by atoms with E-state index in [1.807, 2.05) is 36.4 Å². The van der Waals surface area contributed by atoms with Crippen molar-refractivity contribution in [2.45, 2.75) is 6.61 Å². The summed E-state index contributed by atoms with van der Waals surface area (Å²) in [6.07, 6.45) is 1.06. The summed E-state index contributed by atoms with van der Waals surface area (Å²) in [6.45, 7) is 0.208. The number of hydrogen-bond donors (Lipinski definition) is 1. The molecule has 4 nitrogen and oxygen atoms in total. The Labute approximate surface area is 146 Å². The van der Waals surface area contributed by atoms with Gasteiger partial charge in [0.15, 0.2) is 0 Å². The molecule has 6 heteroatoms. The van der Waals surface area contributed by atoms with E-state index >= 15 is 0 Å². The number of rotatable bonds is 3. The molecule has 0 atom stereocenters. The Balaban J connectivity index is 1.77. The number of carbonyl (C=O) groups excluding carboxylic acids is 1. The van der Waals surface area contributed by atoms with Crippen molar-refractivity contribution in [1.29, 1.82) is 0 Å². The molecule has 0 saturated carbocycles. The fourth-order valence-corrected chi connectivity index (χ4v) is 3.01. The zero-order chi connectivity index (χ0) is 16.2. The van der Waals surface area contributed by atoms with Gasteiger partial charge >= 0.3 is 6.09 Å². The number of nitrogens with one attached hydrogen (secondary N) is 1. The standard InChI is InChI=1S/C17H12BrClN2O2/c18-12-8-13-15(6-7-20-16(13)14(19)9-12)21-17(22)23-10-11-4-2-1-3-5-11/h1-9H,10H2,(H,20,21,22). The van der Waals surface area contributed by atoms with Gasteiger partial charge in [-0.1, -0.05) is 57.9 Å². The Hall–Kier alpha value is -2.11. The summed E-state index contributed by atoms with van der Waals surface area (Å²) in [4.78, 5) is 16.2. The van der Waals surface area contributed by atoms with Gasteiger partial charge in [0.2, 0.25) is 0 Å². The fourth-order valence-electron chi connectivity index (χ4n) is 2.16. The summed E-state index contributed by atoms with van der Waals surface area (Å²) in [5.41, 5.74) is 2.14. The molecule has 0 radical (unpaired) electrons. The fraction of sp³-hybridized carbons (Fsp3) is 0.0588. The summed E-state index contributed by atoms with van der Waals surface area (Å²) >= 11 is 9.56. The number of aromatic nitrogens is 1. The minimum atomic E-state index is -0.530. The van der Waals surface area contributed by atoms with Gasteiger partial charge in [-0.05, 0) is 23.8 Å². The number of carbonyl (C=O) groups is 1. The predicted octanol–water partition coefficient (Wildman–Crippen LogP) is 5.40. The average molecular weight is 392 g/mol. The van der Waals surface area contributed by atoms with E-state index in [2.05, 4.69) is 26.2 Å². The Morgan fingerprint density at radius 2 is 2.00 bits per heavy atom.